The summed E-state index contributed by atoms with van der Waals surface area (Å²) in [4.78, 5) is 4.06. The number of nitrogens with zero attached hydrogens (tertiary/aromatic N) is 5. The Kier molecular flexibility index (Phi) is 2.18. The maximum atomic E-state index is 5.12. The molecule has 0 aliphatic rings. The van der Waals surface area contributed by atoms with E-state index in [0.29, 0.717) is 5.78 Å². The van der Waals surface area contributed by atoms with Crippen molar-refractivity contribution < 1.29 is 4.74 Å². The lowest BCUT2D eigenvalue weighted by Crippen LogP contribution is -1.95. The van der Waals surface area contributed by atoms with Crippen LogP contribution in [0.4, 0.5) is 0 Å². The van der Waals surface area contributed by atoms with Gasteiger partial charge in [0.1, 0.15) is 5.75 Å². The monoisotopic (exact) mass is 227 g/mol. The van der Waals surface area contributed by atoms with Crippen LogP contribution >= 0.6 is 0 Å². The molecule has 17 heavy (non-hydrogen) atoms. The second-order valence-corrected chi connectivity index (χ2v) is 3.45. The number of tetrazole rings is 1. The summed E-state index contributed by atoms with van der Waals surface area (Å²) in [5.41, 5.74) is 1.90. The van der Waals surface area contributed by atoms with E-state index < -0.39 is 0 Å². The Labute approximate surface area is 96.9 Å². The second-order valence-electron chi connectivity index (χ2n) is 3.45. The van der Waals surface area contributed by atoms with Gasteiger partial charge in [-0.15, -0.1) is 0 Å². The second kappa shape index (κ2) is 3.82. The molecule has 0 radical (unpaired) electrons. The van der Waals surface area contributed by atoms with Crippen LogP contribution in [-0.2, 0) is 0 Å². The van der Waals surface area contributed by atoms with Crippen LogP contribution in [0.3, 0.4) is 0 Å². The molecule has 0 fully saturated rings. The first-order valence-corrected chi connectivity index (χ1v) is 5.06. The van der Waals surface area contributed by atoms with Crippen LogP contribution in [0.5, 0.6) is 5.75 Å². The zero-order chi connectivity index (χ0) is 11.7. The van der Waals surface area contributed by atoms with Crippen molar-refractivity contribution in [1.82, 2.24) is 25.0 Å². The van der Waals surface area contributed by atoms with E-state index >= 15 is 0 Å². The number of ether oxygens (including phenoxy) is 1. The highest BCUT2D eigenvalue weighted by molar-refractivity contribution is 5.61. The molecule has 6 heteroatoms. The third-order valence-electron chi connectivity index (χ3n) is 2.49. The maximum Gasteiger partial charge on any atom is 0.273 e. The Morgan fingerprint density at radius 1 is 1.12 bits per heavy atom. The van der Waals surface area contributed by atoms with Crippen molar-refractivity contribution >= 4 is 5.78 Å². The molecule has 0 bridgehead atoms. The Bertz CT molecular complexity index is 646. The molecule has 0 amide bonds. The van der Waals surface area contributed by atoms with E-state index in [2.05, 4.69) is 20.5 Å². The molecule has 0 aliphatic carbocycles. The molecular weight excluding hydrogens is 218 g/mol. The smallest absolute Gasteiger partial charge is 0.273 e. The normalized spacial score (nSPS) is 10.6. The number of fused-ring (bicyclic) bond motifs is 1. The van der Waals surface area contributed by atoms with Gasteiger partial charge in [0.25, 0.3) is 5.78 Å². The lowest BCUT2D eigenvalue weighted by molar-refractivity contribution is 0.415. The minimum absolute atomic E-state index is 0.485. The molecule has 84 valence electrons. The third kappa shape index (κ3) is 1.59. The van der Waals surface area contributed by atoms with E-state index in [4.69, 9.17) is 4.74 Å². The number of aromatic nitrogens is 5. The molecule has 0 aliphatic heterocycles. The van der Waals surface area contributed by atoms with Gasteiger partial charge >= 0.3 is 0 Å². The summed E-state index contributed by atoms with van der Waals surface area (Å²) >= 11 is 0. The number of hydrogen-bond acceptors (Lipinski definition) is 5. The fourth-order valence-corrected chi connectivity index (χ4v) is 1.64. The molecule has 0 saturated carbocycles. The van der Waals surface area contributed by atoms with Crippen molar-refractivity contribution in [3.63, 3.8) is 0 Å². The predicted octanol–water partition coefficient (Wildman–Crippen LogP) is 1.19. The first-order valence-electron chi connectivity index (χ1n) is 5.06. The van der Waals surface area contributed by atoms with Gasteiger partial charge in [-0.05, 0) is 40.8 Å². The standard InChI is InChI=1S/C11H9N5O/c1-17-9-4-2-8(3-5-9)10-6-7-12-11-13-14-15-16(10)11/h2-7H,1H3. The van der Waals surface area contributed by atoms with Gasteiger partial charge in [-0.2, -0.15) is 4.52 Å². The van der Waals surface area contributed by atoms with Gasteiger partial charge in [0.05, 0.1) is 12.8 Å². The van der Waals surface area contributed by atoms with Crippen LogP contribution in [0.25, 0.3) is 17.0 Å². The van der Waals surface area contributed by atoms with E-state index in [1.54, 1.807) is 17.8 Å². The first kappa shape index (κ1) is 9.71. The highest BCUT2D eigenvalue weighted by Gasteiger charge is 2.06. The fraction of sp³-hybridized carbons (Fsp3) is 0.0909. The Morgan fingerprint density at radius 3 is 2.71 bits per heavy atom. The van der Waals surface area contributed by atoms with Crippen molar-refractivity contribution in [1.29, 1.82) is 0 Å². The molecule has 1 aromatic carbocycles. The topological polar surface area (TPSA) is 65.2 Å². The van der Waals surface area contributed by atoms with Crippen molar-refractivity contribution in [2.24, 2.45) is 0 Å². The van der Waals surface area contributed by atoms with Crippen LogP contribution in [0.15, 0.2) is 36.5 Å². The predicted molar refractivity (Wildman–Crippen MR) is 60.6 cm³/mol. The van der Waals surface area contributed by atoms with Gasteiger partial charge in [-0.25, -0.2) is 4.98 Å². The SMILES string of the molecule is COc1ccc(-c2ccnc3nnnn23)cc1. The average molecular weight is 227 g/mol. The van der Waals surface area contributed by atoms with Crippen molar-refractivity contribution in [2.75, 3.05) is 7.11 Å². The quantitative estimate of drug-likeness (QED) is 0.658. The number of hydrogen-bond donors (Lipinski definition) is 0. The van der Waals surface area contributed by atoms with Crippen LogP contribution in [-0.4, -0.2) is 32.1 Å². The number of methoxy groups -OCH3 is 1. The van der Waals surface area contributed by atoms with Gasteiger partial charge in [0.2, 0.25) is 0 Å². The fourth-order valence-electron chi connectivity index (χ4n) is 1.64. The van der Waals surface area contributed by atoms with Gasteiger partial charge in [-0.1, -0.05) is 5.10 Å². The van der Waals surface area contributed by atoms with Gasteiger partial charge in [0, 0.05) is 11.8 Å². The minimum Gasteiger partial charge on any atom is -0.497 e. The van der Waals surface area contributed by atoms with Crippen molar-refractivity contribution in [3.8, 4) is 17.0 Å². The molecule has 3 rings (SSSR count). The Hall–Kier alpha value is -2.50. The van der Waals surface area contributed by atoms with Crippen LogP contribution in [0.2, 0.25) is 0 Å². The largest absolute Gasteiger partial charge is 0.497 e. The molecule has 0 saturated heterocycles. The zero-order valence-electron chi connectivity index (χ0n) is 9.11. The number of rotatable bonds is 2. The highest BCUT2D eigenvalue weighted by atomic mass is 16.5. The highest BCUT2D eigenvalue weighted by Crippen LogP contribution is 2.21. The molecule has 2 aromatic heterocycles. The summed E-state index contributed by atoms with van der Waals surface area (Å²) in [7, 11) is 1.64. The molecule has 2 heterocycles. The van der Waals surface area contributed by atoms with Crippen LogP contribution in [0.1, 0.15) is 0 Å². The summed E-state index contributed by atoms with van der Waals surface area (Å²) in [5, 5.41) is 11.3. The molecular formula is C11H9N5O. The average Bonchev–Trinajstić information content (AvgIpc) is 2.87. The van der Waals surface area contributed by atoms with Gasteiger partial charge in [0.15, 0.2) is 0 Å². The molecule has 0 spiro atoms. The lowest BCUT2D eigenvalue weighted by Gasteiger charge is -2.04. The maximum absolute atomic E-state index is 5.12. The van der Waals surface area contributed by atoms with E-state index in [9.17, 15) is 0 Å². The van der Waals surface area contributed by atoms with E-state index in [1.807, 2.05) is 30.3 Å². The summed E-state index contributed by atoms with van der Waals surface area (Å²) < 4.78 is 6.72. The molecule has 6 nitrogen and oxygen atoms in total. The Balaban J connectivity index is 2.16. The summed E-state index contributed by atoms with van der Waals surface area (Å²) in [6, 6.07) is 9.56. The first-order chi connectivity index (χ1) is 8.38. The summed E-state index contributed by atoms with van der Waals surface area (Å²) in [5.74, 6) is 1.30. The van der Waals surface area contributed by atoms with Gasteiger partial charge in [-0.3, -0.25) is 0 Å². The van der Waals surface area contributed by atoms with Crippen LogP contribution in [0, 0.1) is 0 Å². The summed E-state index contributed by atoms with van der Waals surface area (Å²) in [6.45, 7) is 0. The lowest BCUT2D eigenvalue weighted by atomic mass is 10.1. The van der Waals surface area contributed by atoms with Crippen LogP contribution < -0.4 is 4.74 Å². The van der Waals surface area contributed by atoms with Gasteiger partial charge < -0.3 is 4.74 Å². The molecule has 0 atom stereocenters. The summed E-state index contributed by atoms with van der Waals surface area (Å²) in [6.07, 6.45) is 1.69. The van der Waals surface area contributed by atoms with Crippen molar-refractivity contribution in [2.45, 2.75) is 0 Å². The zero-order valence-corrected chi connectivity index (χ0v) is 9.11. The third-order valence-corrected chi connectivity index (χ3v) is 2.49. The van der Waals surface area contributed by atoms with Crippen molar-refractivity contribution in [3.05, 3.63) is 36.5 Å². The number of benzene rings is 1. The van der Waals surface area contributed by atoms with E-state index in [1.165, 1.54) is 0 Å². The minimum atomic E-state index is 0.485. The Morgan fingerprint density at radius 2 is 1.94 bits per heavy atom. The van der Waals surface area contributed by atoms with E-state index in [0.717, 1.165) is 17.0 Å². The molecule has 0 unspecified atom stereocenters. The molecule has 0 N–H and O–H groups in total. The van der Waals surface area contributed by atoms with E-state index in [-0.39, 0.29) is 0 Å². The molecule has 3 aromatic rings.